The van der Waals surface area contributed by atoms with Crippen molar-refractivity contribution >= 4 is 17.9 Å². The van der Waals surface area contributed by atoms with Crippen LogP contribution in [0.4, 0.5) is 4.79 Å². The Balaban J connectivity index is 3.16. The van der Waals surface area contributed by atoms with Gasteiger partial charge in [-0.25, -0.2) is 4.79 Å². The van der Waals surface area contributed by atoms with Crippen LogP contribution in [0, 0.1) is 0 Å². The van der Waals surface area contributed by atoms with Gasteiger partial charge < -0.3 is 10.5 Å². The van der Waals surface area contributed by atoms with E-state index in [4.69, 9.17) is 10.5 Å². The maximum atomic E-state index is 10.8. The van der Waals surface area contributed by atoms with E-state index in [1.54, 1.807) is 17.8 Å². The molecule has 1 rings (SSSR count). The van der Waals surface area contributed by atoms with Gasteiger partial charge in [-0.3, -0.25) is 0 Å². The Bertz CT molecular complexity index is 436. The van der Waals surface area contributed by atoms with Crippen molar-refractivity contribution in [1.29, 1.82) is 0 Å². The highest BCUT2D eigenvalue weighted by molar-refractivity contribution is 8.00. The van der Waals surface area contributed by atoms with Crippen molar-refractivity contribution in [3.8, 4) is 5.75 Å². The molecule has 0 saturated carbocycles. The summed E-state index contributed by atoms with van der Waals surface area (Å²) in [6.07, 6.45) is -0.779. The summed E-state index contributed by atoms with van der Waals surface area (Å²) in [4.78, 5) is 11.9. The summed E-state index contributed by atoms with van der Waals surface area (Å²) in [5, 5.41) is 0.468. The molecule has 1 amide bonds. The lowest BCUT2D eigenvalue weighted by Crippen LogP contribution is -2.17. The average molecular weight is 267 g/mol. The Morgan fingerprint density at radius 1 is 1.33 bits per heavy atom. The molecule has 0 heterocycles. The van der Waals surface area contributed by atoms with Crippen LogP contribution in [0.25, 0.3) is 0 Å². The van der Waals surface area contributed by atoms with Gasteiger partial charge in [0.2, 0.25) is 0 Å². The summed E-state index contributed by atoms with van der Waals surface area (Å²) in [5.74, 6) is 0.499. The van der Waals surface area contributed by atoms with Crippen LogP contribution in [0.2, 0.25) is 0 Å². The molecule has 18 heavy (non-hydrogen) atoms. The maximum Gasteiger partial charge on any atom is 0.409 e. The molecule has 2 N–H and O–H groups in total. The average Bonchev–Trinajstić information content (AvgIpc) is 2.13. The Hall–Kier alpha value is -1.16. The first-order chi connectivity index (χ1) is 8.20. The first-order valence-electron chi connectivity index (χ1n) is 5.98. The fourth-order valence-corrected chi connectivity index (χ4v) is 2.85. The molecule has 0 spiro atoms. The van der Waals surface area contributed by atoms with Crippen LogP contribution in [0.1, 0.15) is 40.2 Å². The third-order valence-electron chi connectivity index (χ3n) is 2.34. The standard InChI is InChI=1S/C14H21NO2S/c1-9(2)18-12-8-10(17-13(15)16)6-7-11(12)14(3,4)5/h6-9H,1-5H3,(H2,15,16). The lowest BCUT2D eigenvalue weighted by atomic mass is 9.87. The summed E-state index contributed by atoms with van der Waals surface area (Å²) >= 11 is 1.76. The van der Waals surface area contributed by atoms with Gasteiger partial charge in [-0.1, -0.05) is 40.7 Å². The number of thioether (sulfide) groups is 1. The largest absolute Gasteiger partial charge is 0.410 e. The molecule has 0 unspecified atom stereocenters. The predicted octanol–water partition coefficient (Wildman–Crippen LogP) is 3.94. The molecule has 0 aliphatic heterocycles. The van der Waals surface area contributed by atoms with Gasteiger partial charge in [0, 0.05) is 10.1 Å². The Morgan fingerprint density at radius 3 is 2.39 bits per heavy atom. The normalized spacial score (nSPS) is 11.7. The highest BCUT2D eigenvalue weighted by Gasteiger charge is 2.19. The van der Waals surface area contributed by atoms with Crippen LogP contribution >= 0.6 is 11.8 Å². The van der Waals surface area contributed by atoms with Crippen molar-refractivity contribution in [3.63, 3.8) is 0 Å². The lowest BCUT2D eigenvalue weighted by molar-refractivity contribution is 0.210. The molecule has 1 aromatic rings. The van der Waals surface area contributed by atoms with Crippen LogP contribution in [-0.2, 0) is 5.41 Å². The molecule has 0 bridgehead atoms. The summed E-state index contributed by atoms with van der Waals surface area (Å²) in [7, 11) is 0. The number of rotatable bonds is 3. The van der Waals surface area contributed by atoms with Crippen molar-refractivity contribution in [3.05, 3.63) is 23.8 Å². The van der Waals surface area contributed by atoms with E-state index in [1.165, 1.54) is 5.56 Å². The smallest absolute Gasteiger partial charge is 0.409 e. The number of hydrogen-bond acceptors (Lipinski definition) is 3. The van der Waals surface area contributed by atoms with Crippen LogP contribution < -0.4 is 10.5 Å². The first kappa shape index (κ1) is 14.9. The zero-order valence-electron chi connectivity index (χ0n) is 11.6. The topological polar surface area (TPSA) is 52.3 Å². The summed E-state index contributed by atoms with van der Waals surface area (Å²) in [6.45, 7) is 10.8. The van der Waals surface area contributed by atoms with Crippen LogP contribution in [0.5, 0.6) is 5.75 Å². The van der Waals surface area contributed by atoms with Crippen molar-refractivity contribution in [2.45, 2.75) is 50.2 Å². The Labute approximate surface area is 113 Å². The first-order valence-corrected chi connectivity index (χ1v) is 6.86. The second-order valence-corrected chi connectivity index (χ2v) is 7.11. The van der Waals surface area contributed by atoms with E-state index in [0.717, 1.165) is 4.90 Å². The predicted molar refractivity (Wildman–Crippen MR) is 76.3 cm³/mol. The highest BCUT2D eigenvalue weighted by atomic mass is 32.2. The van der Waals surface area contributed by atoms with Crippen molar-refractivity contribution in [1.82, 2.24) is 0 Å². The Kier molecular flexibility index (Phi) is 4.68. The maximum absolute atomic E-state index is 10.8. The molecule has 0 fully saturated rings. The van der Waals surface area contributed by atoms with Gasteiger partial charge in [-0.05, 0) is 23.1 Å². The van der Waals surface area contributed by atoms with Gasteiger partial charge in [-0.15, -0.1) is 11.8 Å². The molecule has 3 nitrogen and oxygen atoms in total. The van der Waals surface area contributed by atoms with E-state index in [0.29, 0.717) is 11.0 Å². The third kappa shape index (κ3) is 4.26. The number of carbonyl (C=O) groups excluding carboxylic acids is 1. The second kappa shape index (κ2) is 5.65. The van der Waals surface area contributed by atoms with Crippen molar-refractivity contribution in [2.24, 2.45) is 5.73 Å². The third-order valence-corrected chi connectivity index (χ3v) is 3.41. The molecule has 0 aliphatic rings. The number of hydrogen-bond donors (Lipinski definition) is 1. The molecule has 1 aromatic carbocycles. The van der Waals surface area contributed by atoms with E-state index in [-0.39, 0.29) is 5.41 Å². The van der Waals surface area contributed by atoms with Gasteiger partial charge in [0.1, 0.15) is 5.75 Å². The molecule has 4 heteroatoms. The SMILES string of the molecule is CC(C)Sc1cc(OC(N)=O)ccc1C(C)(C)C. The van der Waals surface area contributed by atoms with E-state index < -0.39 is 6.09 Å². The number of amides is 1. The summed E-state index contributed by atoms with van der Waals surface area (Å²) in [6, 6.07) is 5.68. The minimum absolute atomic E-state index is 0.0580. The second-order valence-electron chi connectivity index (χ2n) is 5.50. The number of primary amides is 1. The fraction of sp³-hybridized carbons (Fsp3) is 0.500. The van der Waals surface area contributed by atoms with Crippen LogP contribution in [-0.4, -0.2) is 11.3 Å². The zero-order chi connectivity index (χ0) is 13.9. The number of benzene rings is 1. The van der Waals surface area contributed by atoms with E-state index in [9.17, 15) is 4.79 Å². The number of carbonyl (C=O) groups is 1. The summed E-state index contributed by atoms with van der Waals surface area (Å²) in [5.41, 5.74) is 6.34. The van der Waals surface area contributed by atoms with E-state index in [2.05, 4.69) is 34.6 Å². The van der Waals surface area contributed by atoms with Crippen molar-refractivity contribution in [2.75, 3.05) is 0 Å². The monoisotopic (exact) mass is 267 g/mol. The van der Waals surface area contributed by atoms with Gasteiger partial charge in [0.05, 0.1) is 0 Å². The number of ether oxygens (including phenoxy) is 1. The van der Waals surface area contributed by atoms with Crippen LogP contribution in [0.3, 0.4) is 0 Å². The molecular weight excluding hydrogens is 246 g/mol. The molecular formula is C14H21NO2S. The van der Waals surface area contributed by atoms with Gasteiger partial charge >= 0.3 is 6.09 Å². The van der Waals surface area contributed by atoms with Gasteiger partial charge in [-0.2, -0.15) is 0 Å². The highest BCUT2D eigenvalue weighted by Crippen LogP contribution is 2.36. The molecule has 100 valence electrons. The lowest BCUT2D eigenvalue weighted by Gasteiger charge is -2.23. The minimum atomic E-state index is -0.779. The molecule has 0 aliphatic carbocycles. The Morgan fingerprint density at radius 2 is 1.94 bits per heavy atom. The molecule has 0 aromatic heterocycles. The van der Waals surface area contributed by atoms with Crippen molar-refractivity contribution < 1.29 is 9.53 Å². The molecule has 0 saturated heterocycles. The van der Waals surface area contributed by atoms with Gasteiger partial charge in [0.25, 0.3) is 0 Å². The van der Waals surface area contributed by atoms with E-state index in [1.807, 2.05) is 12.1 Å². The minimum Gasteiger partial charge on any atom is -0.410 e. The van der Waals surface area contributed by atoms with Gasteiger partial charge in [0.15, 0.2) is 0 Å². The fourth-order valence-electron chi connectivity index (χ4n) is 1.65. The number of nitrogens with two attached hydrogens (primary N) is 1. The van der Waals surface area contributed by atoms with Crippen LogP contribution in [0.15, 0.2) is 23.1 Å². The van der Waals surface area contributed by atoms with E-state index >= 15 is 0 Å². The zero-order valence-corrected chi connectivity index (χ0v) is 12.4. The molecule has 0 radical (unpaired) electrons. The quantitative estimate of drug-likeness (QED) is 0.844. The molecule has 0 atom stereocenters. The summed E-state index contributed by atoms with van der Waals surface area (Å²) < 4.78 is 4.93.